The SMILES string of the molecule is CC(C(=O)NCc1ccccc1)N1CCCC(CN(C(=O)OC(C)(C)C)C(C)C)C1. The minimum atomic E-state index is -0.506. The second-order valence-electron chi connectivity index (χ2n) is 9.61. The van der Waals surface area contributed by atoms with E-state index in [0.717, 1.165) is 31.5 Å². The van der Waals surface area contributed by atoms with Gasteiger partial charge in [-0.05, 0) is 72.4 Å². The minimum Gasteiger partial charge on any atom is -0.444 e. The number of benzene rings is 1. The Bertz CT molecular complexity index is 685. The van der Waals surface area contributed by atoms with Gasteiger partial charge in [-0.25, -0.2) is 4.79 Å². The zero-order chi connectivity index (χ0) is 22.3. The van der Waals surface area contributed by atoms with Crippen molar-refractivity contribution in [3.8, 4) is 0 Å². The molecule has 0 saturated carbocycles. The largest absolute Gasteiger partial charge is 0.444 e. The number of hydrogen-bond donors (Lipinski definition) is 1. The summed E-state index contributed by atoms with van der Waals surface area (Å²) in [5, 5.41) is 3.05. The molecule has 0 radical (unpaired) electrons. The molecule has 0 spiro atoms. The van der Waals surface area contributed by atoms with Crippen LogP contribution in [0.5, 0.6) is 0 Å². The van der Waals surface area contributed by atoms with Crippen molar-refractivity contribution in [2.45, 2.75) is 78.6 Å². The molecule has 2 atom stereocenters. The number of hydrogen-bond acceptors (Lipinski definition) is 4. The van der Waals surface area contributed by atoms with Crippen LogP contribution < -0.4 is 5.32 Å². The summed E-state index contributed by atoms with van der Waals surface area (Å²) < 4.78 is 5.60. The van der Waals surface area contributed by atoms with Crippen LogP contribution in [0.25, 0.3) is 0 Å². The van der Waals surface area contributed by atoms with Gasteiger partial charge in [0.15, 0.2) is 0 Å². The van der Waals surface area contributed by atoms with Crippen LogP contribution in [0.15, 0.2) is 30.3 Å². The van der Waals surface area contributed by atoms with Crippen LogP contribution in [-0.2, 0) is 16.1 Å². The van der Waals surface area contributed by atoms with E-state index in [-0.39, 0.29) is 24.1 Å². The summed E-state index contributed by atoms with van der Waals surface area (Å²) in [4.78, 5) is 29.4. The maximum absolute atomic E-state index is 12.7. The van der Waals surface area contributed by atoms with E-state index in [9.17, 15) is 9.59 Å². The highest BCUT2D eigenvalue weighted by Gasteiger charge is 2.31. The van der Waals surface area contributed by atoms with Crippen LogP contribution in [0.3, 0.4) is 0 Å². The third kappa shape index (κ3) is 7.63. The Morgan fingerprint density at radius 1 is 1.20 bits per heavy atom. The summed E-state index contributed by atoms with van der Waals surface area (Å²) in [6.07, 6.45) is 1.82. The molecule has 1 aromatic carbocycles. The average molecular weight is 418 g/mol. The molecular weight excluding hydrogens is 378 g/mol. The van der Waals surface area contributed by atoms with Gasteiger partial charge in [-0.2, -0.15) is 0 Å². The highest BCUT2D eigenvalue weighted by atomic mass is 16.6. The molecule has 0 bridgehead atoms. The third-order valence-corrected chi connectivity index (χ3v) is 5.49. The maximum atomic E-state index is 12.7. The zero-order valence-electron chi connectivity index (χ0n) is 19.5. The molecule has 2 unspecified atom stereocenters. The number of carbonyl (C=O) groups is 2. The van der Waals surface area contributed by atoms with Crippen molar-refractivity contribution in [2.75, 3.05) is 19.6 Å². The Hall–Kier alpha value is -2.08. The predicted octanol–water partition coefficient (Wildman–Crippen LogP) is 4.05. The lowest BCUT2D eigenvalue weighted by molar-refractivity contribution is -0.126. The quantitative estimate of drug-likeness (QED) is 0.727. The van der Waals surface area contributed by atoms with E-state index in [1.807, 2.05) is 76.8 Å². The standard InChI is InChI=1S/C24H39N3O3/c1-18(2)27(23(29)30-24(4,5)6)17-21-13-10-14-26(16-21)19(3)22(28)25-15-20-11-8-7-9-12-20/h7-9,11-12,18-19,21H,10,13-17H2,1-6H3,(H,25,28). The number of nitrogens with one attached hydrogen (secondary N) is 1. The number of amides is 2. The van der Waals surface area contributed by atoms with Crippen LogP contribution in [0.1, 0.15) is 59.9 Å². The topological polar surface area (TPSA) is 61.9 Å². The van der Waals surface area contributed by atoms with Crippen LogP contribution in [0, 0.1) is 5.92 Å². The molecule has 2 amide bonds. The molecule has 1 aromatic rings. The first kappa shape index (κ1) is 24.2. The Labute approximate surface area is 182 Å². The summed E-state index contributed by atoms with van der Waals surface area (Å²) in [7, 11) is 0. The van der Waals surface area contributed by atoms with E-state index in [2.05, 4.69) is 10.2 Å². The number of ether oxygens (including phenoxy) is 1. The molecule has 1 fully saturated rings. The number of piperidine rings is 1. The zero-order valence-corrected chi connectivity index (χ0v) is 19.5. The first-order chi connectivity index (χ1) is 14.1. The second kappa shape index (κ2) is 10.8. The van der Waals surface area contributed by atoms with Crippen molar-refractivity contribution >= 4 is 12.0 Å². The molecule has 1 heterocycles. The molecule has 2 rings (SSSR count). The number of nitrogens with zero attached hydrogens (tertiary/aromatic N) is 2. The summed E-state index contributed by atoms with van der Waals surface area (Å²) in [5.74, 6) is 0.380. The van der Waals surface area contributed by atoms with Gasteiger partial charge in [-0.1, -0.05) is 30.3 Å². The molecule has 168 valence electrons. The van der Waals surface area contributed by atoms with Crippen molar-refractivity contribution < 1.29 is 14.3 Å². The van der Waals surface area contributed by atoms with E-state index in [4.69, 9.17) is 4.74 Å². The van der Waals surface area contributed by atoms with E-state index < -0.39 is 5.60 Å². The molecule has 1 aliphatic heterocycles. The monoisotopic (exact) mass is 417 g/mol. The molecule has 1 saturated heterocycles. The smallest absolute Gasteiger partial charge is 0.410 e. The lowest BCUT2D eigenvalue weighted by Gasteiger charge is -2.39. The minimum absolute atomic E-state index is 0.0485. The molecular formula is C24H39N3O3. The van der Waals surface area contributed by atoms with E-state index >= 15 is 0 Å². The van der Waals surface area contributed by atoms with Gasteiger partial charge in [0.1, 0.15) is 5.60 Å². The van der Waals surface area contributed by atoms with Crippen molar-refractivity contribution in [1.29, 1.82) is 0 Å². The molecule has 30 heavy (non-hydrogen) atoms. The van der Waals surface area contributed by atoms with E-state index in [1.54, 1.807) is 0 Å². The van der Waals surface area contributed by atoms with Gasteiger partial charge < -0.3 is 15.0 Å². The summed E-state index contributed by atoms with van der Waals surface area (Å²) in [5.41, 5.74) is 0.591. The molecule has 6 heteroatoms. The van der Waals surface area contributed by atoms with Gasteiger partial charge in [-0.3, -0.25) is 9.69 Å². The molecule has 1 N–H and O–H groups in total. The molecule has 1 aliphatic rings. The Kier molecular flexibility index (Phi) is 8.71. The molecule has 0 aromatic heterocycles. The van der Waals surface area contributed by atoms with Gasteiger partial charge in [0.05, 0.1) is 6.04 Å². The first-order valence-corrected chi connectivity index (χ1v) is 11.1. The van der Waals surface area contributed by atoms with Crippen LogP contribution in [-0.4, -0.2) is 59.1 Å². The molecule has 0 aliphatic carbocycles. The van der Waals surface area contributed by atoms with Gasteiger partial charge in [0.25, 0.3) is 0 Å². The maximum Gasteiger partial charge on any atom is 0.410 e. The number of rotatable bonds is 7. The van der Waals surface area contributed by atoms with Gasteiger partial charge >= 0.3 is 6.09 Å². The summed E-state index contributed by atoms with van der Waals surface area (Å²) in [6.45, 7) is 14.6. The van der Waals surface area contributed by atoms with Crippen LogP contribution in [0.2, 0.25) is 0 Å². The first-order valence-electron chi connectivity index (χ1n) is 11.1. The lowest BCUT2D eigenvalue weighted by atomic mass is 9.95. The number of carbonyl (C=O) groups excluding carboxylic acids is 2. The van der Waals surface area contributed by atoms with Gasteiger partial charge in [0, 0.05) is 25.7 Å². The normalized spacial score (nSPS) is 18.7. The fourth-order valence-electron chi connectivity index (χ4n) is 3.79. The number of likely N-dealkylation sites (tertiary alicyclic amines) is 1. The van der Waals surface area contributed by atoms with Gasteiger partial charge in [0.2, 0.25) is 5.91 Å². The van der Waals surface area contributed by atoms with Crippen molar-refractivity contribution in [3.05, 3.63) is 35.9 Å². The highest BCUT2D eigenvalue weighted by molar-refractivity contribution is 5.81. The van der Waals surface area contributed by atoms with Crippen molar-refractivity contribution in [3.63, 3.8) is 0 Å². The second-order valence-corrected chi connectivity index (χ2v) is 9.61. The Balaban J connectivity index is 1.91. The summed E-state index contributed by atoms with van der Waals surface area (Å²) in [6, 6.07) is 9.83. The third-order valence-electron chi connectivity index (χ3n) is 5.49. The predicted molar refractivity (Wildman–Crippen MR) is 120 cm³/mol. The van der Waals surface area contributed by atoms with Crippen LogP contribution in [0.4, 0.5) is 4.79 Å². The summed E-state index contributed by atoms with van der Waals surface area (Å²) >= 11 is 0. The lowest BCUT2D eigenvalue weighted by Crippen LogP contribution is -2.51. The van der Waals surface area contributed by atoms with Crippen LogP contribution >= 0.6 is 0 Å². The van der Waals surface area contributed by atoms with Crippen molar-refractivity contribution in [2.24, 2.45) is 5.92 Å². The van der Waals surface area contributed by atoms with E-state index in [1.165, 1.54) is 0 Å². The van der Waals surface area contributed by atoms with Crippen molar-refractivity contribution in [1.82, 2.24) is 15.1 Å². The fraction of sp³-hybridized carbons (Fsp3) is 0.667. The fourth-order valence-corrected chi connectivity index (χ4v) is 3.79. The average Bonchev–Trinajstić information content (AvgIpc) is 2.69. The Morgan fingerprint density at radius 2 is 1.87 bits per heavy atom. The Morgan fingerprint density at radius 3 is 2.47 bits per heavy atom. The molecule has 6 nitrogen and oxygen atoms in total. The van der Waals surface area contributed by atoms with Gasteiger partial charge in [-0.15, -0.1) is 0 Å². The van der Waals surface area contributed by atoms with E-state index in [0.29, 0.717) is 19.0 Å². The highest BCUT2D eigenvalue weighted by Crippen LogP contribution is 2.22.